The molecule has 5 heteroatoms. The molecule has 0 saturated heterocycles. The fourth-order valence-corrected chi connectivity index (χ4v) is 0.864. The fourth-order valence-electron chi connectivity index (χ4n) is 0.864. The summed E-state index contributed by atoms with van der Waals surface area (Å²) in [6.07, 6.45) is 0. The summed E-state index contributed by atoms with van der Waals surface area (Å²) in [5, 5.41) is 0. The molecule has 0 rings (SSSR count). The van der Waals surface area contributed by atoms with Crippen LogP contribution in [-0.2, 0) is 9.53 Å². The van der Waals surface area contributed by atoms with Crippen molar-refractivity contribution >= 4 is 5.91 Å². The molecular weight excluding hydrogens is 194 g/mol. The van der Waals surface area contributed by atoms with Crippen LogP contribution in [0.15, 0.2) is 0 Å². The predicted molar refractivity (Wildman–Crippen MR) is 58.5 cm³/mol. The van der Waals surface area contributed by atoms with Crippen molar-refractivity contribution in [3.8, 4) is 0 Å². The summed E-state index contributed by atoms with van der Waals surface area (Å²) in [6, 6.07) is 0. The molecule has 0 aromatic heterocycles. The maximum atomic E-state index is 11.2. The smallest absolute Gasteiger partial charge is 0.302 e. The van der Waals surface area contributed by atoms with Crippen molar-refractivity contribution < 1.29 is 9.53 Å². The summed E-state index contributed by atoms with van der Waals surface area (Å²) >= 11 is 0. The third-order valence-corrected chi connectivity index (χ3v) is 1.89. The highest BCUT2D eigenvalue weighted by atomic mass is 16.5. The maximum absolute atomic E-state index is 11.2. The van der Waals surface area contributed by atoms with Gasteiger partial charge < -0.3 is 19.4 Å². The van der Waals surface area contributed by atoms with Gasteiger partial charge in [-0.2, -0.15) is 0 Å². The van der Waals surface area contributed by atoms with Crippen molar-refractivity contribution in [1.29, 1.82) is 0 Å². The van der Waals surface area contributed by atoms with E-state index in [-0.39, 0.29) is 12.5 Å². The van der Waals surface area contributed by atoms with Crippen molar-refractivity contribution in [2.75, 3.05) is 54.0 Å². The lowest BCUT2D eigenvalue weighted by atomic mass is 10.5. The largest absolute Gasteiger partial charge is 0.378 e. The van der Waals surface area contributed by atoms with E-state index < -0.39 is 0 Å². The van der Waals surface area contributed by atoms with E-state index in [0.29, 0.717) is 19.8 Å². The Bertz CT molecular complexity index is 223. The third kappa shape index (κ3) is 7.91. The molecule has 15 heavy (non-hydrogen) atoms. The van der Waals surface area contributed by atoms with Gasteiger partial charge in [0.2, 0.25) is 0 Å². The Morgan fingerprint density at radius 2 is 1.87 bits per heavy atom. The highest BCUT2D eigenvalue weighted by molar-refractivity contribution is 5.79. The number of carbonyl (C=O) groups excluding carboxylic acids is 1. The zero-order valence-corrected chi connectivity index (χ0v) is 9.69. The van der Waals surface area contributed by atoms with Gasteiger partial charge in [0.15, 0.2) is 0 Å². The van der Waals surface area contributed by atoms with Crippen LogP contribution in [0.5, 0.6) is 0 Å². The number of hydrogen-bond donors (Lipinski definition) is 0. The van der Waals surface area contributed by atoms with Gasteiger partial charge in [-0.05, 0) is 14.1 Å². The van der Waals surface area contributed by atoms with E-state index in [2.05, 4.69) is 4.85 Å². The van der Waals surface area contributed by atoms with Gasteiger partial charge in [0.05, 0.1) is 13.2 Å². The lowest BCUT2D eigenvalue weighted by Crippen LogP contribution is -2.32. The Kier molecular flexibility index (Phi) is 7.60. The van der Waals surface area contributed by atoms with Gasteiger partial charge in [-0.15, -0.1) is 0 Å². The van der Waals surface area contributed by atoms with E-state index >= 15 is 0 Å². The first-order valence-electron chi connectivity index (χ1n) is 4.87. The molecule has 0 aliphatic rings. The average molecular weight is 213 g/mol. The zero-order chi connectivity index (χ0) is 11.7. The molecule has 0 aromatic rings. The first kappa shape index (κ1) is 13.9. The molecule has 0 radical (unpaired) electrons. The summed E-state index contributed by atoms with van der Waals surface area (Å²) < 4.78 is 5.33. The van der Waals surface area contributed by atoms with Gasteiger partial charge >= 0.3 is 5.91 Å². The number of carbonyl (C=O) groups is 1. The van der Waals surface area contributed by atoms with Crippen LogP contribution in [0, 0.1) is 6.57 Å². The molecule has 0 N–H and O–H groups in total. The first-order chi connectivity index (χ1) is 7.07. The fraction of sp³-hybridized carbons (Fsp3) is 0.800. The molecular formula is C10H19N3O2. The number of rotatable bonds is 7. The van der Waals surface area contributed by atoms with Gasteiger partial charge in [0.1, 0.15) is 0 Å². The molecule has 1 amide bonds. The van der Waals surface area contributed by atoms with Crippen LogP contribution in [0.3, 0.4) is 0 Å². The molecule has 0 fully saturated rings. The second-order valence-electron chi connectivity index (χ2n) is 3.55. The third-order valence-electron chi connectivity index (χ3n) is 1.89. The molecule has 0 unspecified atom stereocenters. The Morgan fingerprint density at radius 1 is 1.27 bits per heavy atom. The van der Waals surface area contributed by atoms with Crippen LogP contribution < -0.4 is 0 Å². The molecule has 86 valence electrons. The van der Waals surface area contributed by atoms with Gasteiger partial charge in [-0.25, -0.2) is 6.57 Å². The maximum Gasteiger partial charge on any atom is 0.302 e. The van der Waals surface area contributed by atoms with E-state index in [4.69, 9.17) is 11.3 Å². The van der Waals surface area contributed by atoms with Crippen LogP contribution in [-0.4, -0.2) is 69.7 Å². The number of nitrogens with zero attached hydrogens (tertiary/aromatic N) is 3. The second-order valence-corrected chi connectivity index (χ2v) is 3.55. The van der Waals surface area contributed by atoms with E-state index in [9.17, 15) is 4.79 Å². The standard InChI is InChI=1S/C10H19N3O2/c1-11-9-10(14)13(4)6-8-15-7-5-12(2)3/h5-9H2,2-4H3. The van der Waals surface area contributed by atoms with Crippen LogP contribution in [0.25, 0.3) is 4.85 Å². The van der Waals surface area contributed by atoms with E-state index in [1.807, 2.05) is 19.0 Å². The van der Waals surface area contributed by atoms with Gasteiger partial charge in [0.25, 0.3) is 6.54 Å². The van der Waals surface area contributed by atoms with Crippen LogP contribution in [0.2, 0.25) is 0 Å². The highest BCUT2D eigenvalue weighted by Crippen LogP contribution is 1.87. The number of hydrogen-bond acceptors (Lipinski definition) is 3. The average Bonchev–Trinajstić information content (AvgIpc) is 2.16. The lowest BCUT2D eigenvalue weighted by molar-refractivity contribution is -0.128. The normalized spacial score (nSPS) is 10.1. The summed E-state index contributed by atoms with van der Waals surface area (Å²) in [7, 11) is 5.65. The Labute approximate surface area is 91.4 Å². The van der Waals surface area contributed by atoms with Gasteiger partial charge in [-0.3, -0.25) is 4.79 Å². The van der Waals surface area contributed by atoms with E-state index in [1.165, 1.54) is 4.90 Å². The van der Waals surface area contributed by atoms with Crippen molar-refractivity contribution in [1.82, 2.24) is 9.80 Å². The van der Waals surface area contributed by atoms with Crippen LogP contribution in [0.1, 0.15) is 0 Å². The number of amides is 1. The SMILES string of the molecule is [C-]#[N+]CC(=O)N(C)CCOCCN(C)C. The summed E-state index contributed by atoms with van der Waals surface area (Å²) in [6.45, 7) is 9.09. The number of likely N-dealkylation sites (N-methyl/N-ethyl adjacent to an activating group) is 2. The molecule has 0 aliphatic carbocycles. The summed E-state index contributed by atoms with van der Waals surface area (Å²) in [4.78, 5) is 17.8. The predicted octanol–water partition coefficient (Wildman–Crippen LogP) is -0.0577. The van der Waals surface area contributed by atoms with E-state index in [0.717, 1.165) is 6.54 Å². The van der Waals surface area contributed by atoms with Crippen LogP contribution in [0.4, 0.5) is 0 Å². The first-order valence-corrected chi connectivity index (χ1v) is 4.87. The monoisotopic (exact) mass is 213 g/mol. The quantitative estimate of drug-likeness (QED) is 0.439. The molecule has 5 nitrogen and oxygen atoms in total. The Hall–Kier alpha value is -1.12. The second kappa shape index (κ2) is 8.21. The lowest BCUT2D eigenvalue weighted by Gasteiger charge is -2.15. The van der Waals surface area contributed by atoms with Crippen molar-refractivity contribution in [2.45, 2.75) is 0 Å². The van der Waals surface area contributed by atoms with Crippen molar-refractivity contribution in [2.24, 2.45) is 0 Å². The molecule has 0 aromatic carbocycles. The topological polar surface area (TPSA) is 37.1 Å². The minimum atomic E-state index is -0.152. The highest BCUT2D eigenvalue weighted by Gasteiger charge is 2.09. The molecule has 0 aliphatic heterocycles. The summed E-state index contributed by atoms with van der Waals surface area (Å²) in [5.41, 5.74) is 0. The minimum absolute atomic E-state index is 0.0752. The molecule has 0 atom stereocenters. The zero-order valence-electron chi connectivity index (χ0n) is 9.69. The Morgan fingerprint density at radius 3 is 2.40 bits per heavy atom. The van der Waals surface area contributed by atoms with Gasteiger partial charge in [0, 0.05) is 20.1 Å². The summed E-state index contributed by atoms with van der Waals surface area (Å²) in [5.74, 6) is -0.152. The molecule has 0 bridgehead atoms. The molecule has 0 heterocycles. The molecule has 0 saturated carbocycles. The van der Waals surface area contributed by atoms with Crippen molar-refractivity contribution in [3.63, 3.8) is 0 Å². The Balaban J connectivity index is 3.43. The van der Waals surface area contributed by atoms with Gasteiger partial charge in [-0.1, -0.05) is 0 Å². The van der Waals surface area contributed by atoms with E-state index in [1.54, 1.807) is 7.05 Å². The van der Waals surface area contributed by atoms with Crippen molar-refractivity contribution in [3.05, 3.63) is 11.4 Å². The minimum Gasteiger partial charge on any atom is -0.378 e. The molecule has 0 spiro atoms. The number of ether oxygens (including phenoxy) is 1. The van der Waals surface area contributed by atoms with Crippen LogP contribution >= 0.6 is 0 Å².